The molecule has 1 atom stereocenters. The van der Waals surface area contributed by atoms with E-state index in [0.29, 0.717) is 21.3 Å². The fraction of sp³-hybridized carbons (Fsp3) is 0.0800. The summed E-state index contributed by atoms with van der Waals surface area (Å²) in [6.45, 7) is 0. The molecule has 0 aliphatic carbocycles. The van der Waals surface area contributed by atoms with Crippen LogP contribution in [0.15, 0.2) is 83.3 Å². The Hall–Kier alpha value is -3.89. The summed E-state index contributed by atoms with van der Waals surface area (Å²) in [5, 5.41) is 11.2. The molecular weight excluding hydrogens is 491 g/mol. The first-order valence-corrected chi connectivity index (χ1v) is 13.1. The van der Waals surface area contributed by atoms with Gasteiger partial charge < -0.3 is 5.11 Å². The molecule has 0 radical (unpaired) electrons. The molecular formula is C25H17FN2O5S2. The highest BCUT2D eigenvalue weighted by molar-refractivity contribution is 7.90. The number of Topliss-reactive ketones (excluding diaryl/α,β-unsaturated/α-hetero) is 1. The Bertz CT molecular complexity index is 1630. The van der Waals surface area contributed by atoms with Crippen LogP contribution in [0.5, 0.6) is 0 Å². The van der Waals surface area contributed by atoms with Crippen LogP contribution in [0.2, 0.25) is 0 Å². The molecule has 1 aliphatic rings. The fourth-order valence-corrected chi connectivity index (χ4v) is 5.72. The van der Waals surface area contributed by atoms with Crippen LogP contribution in [-0.2, 0) is 19.4 Å². The number of fused-ring (bicyclic) bond motifs is 1. The first-order chi connectivity index (χ1) is 16.6. The van der Waals surface area contributed by atoms with E-state index in [2.05, 4.69) is 4.98 Å². The van der Waals surface area contributed by atoms with Crippen molar-refractivity contribution in [3.05, 3.63) is 95.3 Å². The maximum Gasteiger partial charge on any atom is 0.301 e. The number of aromatic nitrogens is 1. The Morgan fingerprint density at radius 2 is 1.71 bits per heavy atom. The van der Waals surface area contributed by atoms with Crippen LogP contribution in [0, 0.1) is 5.82 Å². The molecule has 0 saturated carbocycles. The van der Waals surface area contributed by atoms with Crippen molar-refractivity contribution in [3.63, 3.8) is 0 Å². The quantitative estimate of drug-likeness (QED) is 0.248. The summed E-state index contributed by atoms with van der Waals surface area (Å²) < 4.78 is 38.1. The molecule has 176 valence electrons. The lowest BCUT2D eigenvalue weighted by molar-refractivity contribution is -0.132. The Kier molecular flexibility index (Phi) is 5.49. The third kappa shape index (κ3) is 4.00. The zero-order chi connectivity index (χ0) is 24.9. The van der Waals surface area contributed by atoms with Gasteiger partial charge >= 0.3 is 5.91 Å². The van der Waals surface area contributed by atoms with Gasteiger partial charge in [-0.25, -0.2) is 17.8 Å². The van der Waals surface area contributed by atoms with E-state index in [4.69, 9.17) is 0 Å². The average Bonchev–Trinajstić information content (AvgIpc) is 3.37. The molecule has 1 fully saturated rings. The van der Waals surface area contributed by atoms with Crippen LogP contribution in [0.25, 0.3) is 16.0 Å². The number of carbonyl (C=O) groups excluding carboxylic acids is 2. The average molecular weight is 509 g/mol. The number of rotatable bonds is 4. The normalized spacial score (nSPS) is 17.9. The predicted octanol–water partition coefficient (Wildman–Crippen LogP) is 4.47. The Morgan fingerprint density at radius 1 is 1.03 bits per heavy atom. The number of ketones is 1. The summed E-state index contributed by atoms with van der Waals surface area (Å²) >= 11 is 1.04. The molecule has 5 rings (SSSR count). The minimum absolute atomic E-state index is 0.0985. The molecule has 4 aromatic rings. The standard InChI is InChI=1S/C25H17FN2O5S2/c1-35(32,33)17-11-12-18-19(13-17)34-25(27-18)28-21(14-7-9-16(26)10-8-14)20(23(30)24(28)31)22(29)15-5-3-2-4-6-15/h2-13,21,29H,1H3/b22-20+. The lowest BCUT2D eigenvalue weighted by atomic mass is 9.95. The number of anilines is 1. The zero-order valence-corrected chi connectivity index (χ0v) is 19.8. The number of sulfone groups is 1. The monoisotopic (exact) mass is 508 g/mol. The van der Waals surface area contributed by atoms with Gasteiger partial charge in [0.1, 0.15) is 11.6 Å². The number of carbonyl (C=O) groups is 2. The number of hydrogen-bond donors (Lipinski definition) is 1. The lowest BCUT2D eigenvalue weighted by Gasteiger charge is -2.23. The second-order valence-electron chi connectivity index (χ2n) is 7.98. The van der Waals surface area contributed by atoms with E-state index in [1.165, 1.54) is 42.5 Å². The number of halogens is 1. The molecule has 0 bridgehead atoms. The van der Waals surface area contributed by atoms with Gasteiger partial charge in [-0.3, -0.25) is 14.5 Å². The molecule has 2 heterocycles. The van der Waals surface area contributed by atoms with Gasteiger partial charge in [0.15, 0.2) is 15.0 Å². The van der Waals surface area contributed by atoms with Crippen molar-refractivity contribution in [2.45, 2.75) is 10.9 Å². The molecule has 1 saturated heterocycles. The topological polar surface area (TPSA) is 105 Å². The third-order valence-electron chi connectivity index (χ3n) is 5.66. The number of hydrogen-bond acceptors (Lipinski definition) is 7. The number of benzene rings is 3. The van der Waals surface area contributed by atoms with Gasteiger partial charge in [0.05, 0.1) is 26.7 Å². The summed E-state index contributed by atoms with van der Waals surface area (Å²) in [7, 11) is -3.46. The van der Waals surface area contributed by atoms with Crippen LogP contribution < -0.4 is 4.90 Å². The first-order valence-electron chi connectivity index (χ1n) is 10.4. The van der Waals surface area contributed by atoms with Crippen molar-refractivity contribution in [3.8, 4) is 0 Å². The van der Waals surface area contributed by atoms with E-state index in [9.17, 15) is 27.5 Å². The molecule has 0 spiro atoms. The summed E-state index contributed by atoms with van der Waals surface area (Å²) in [6, 6.07) is 17.0. The Labute approximate surface area is 203 Å². The number of amides is 1. The van der Waals surface area contributed by atoms with Crippen LogP contribution in [0.4, 0.5) is 9.52 Å². The van der Waals surface area contributed by atoms with Gasteiger partial charge in [-0.1, -0.05) is 53.8 Å². The van der Waals surface area contributed by atoms with Gasteiger partial charge in [-0.05, 0) is 35.9 Å². The summed E-state index contributed by atoms with van der Waals surface area (Å²) in [5.74, 6) is -2.67. The number of thiazole rings is 1. The van der Waals surface area contributed by atoms with Crippen LogP contribution in [0.3, 0.4) is 0 Å². The van der Waals surface area contributed by atoms with E-state index < -0.39 is 33.4 Å². The SMILES string of the molecule is CS(=O)(=O)c1ccc2nc(N3C(=O)C(=O)/C(=C(/O)c4ccccc4)C3c3ccc(F)cc3)sc2c1. The van der Waals surface area contributed by atoms with Gasteiger partial charge in [0, 0.05) is 11.8 Å². The summed E-state index contributed by atoms with van der Waals surface area (Å²) in [4.78, 5) is 32.1. The first kappa shape index (κ1) is 22.9. The predicted molar refractivity (Wildman–Crippen MR) is 130 cm³/mol. The molecule has 1 aromatic heterocycles. The second kappa shape index (κ2) is 8.40. The van der Waals surface area contributed by atoms with E-state index in [-0.39, 0.29) is 21.4 Å². The minimum atomic E-state index is -3.46. The van der Waals surface area contributed by atoms with Crippen molar-refractivity contribution in [1.82, 2.24) is 4.98 Å². The smallest absolute Gasteiger partial charge is 0.301 e. The lowest BCUT2D eigenvalue weighted by Crippen LogP contribution is -2.29. The highest BCUT2D eigenvalue weighted by atomic mass is 32.2. The highest BCUT2D eigenvalue weighted by Gasteiger charge is 2.48. The second-order valence-corrected chi connectivity index (χ2v) is 11.0. The van der Waals surface area contributed by atoms with E-state index >= 15 is 0 Å². The molecule has 10 heteroatoms. The molecule has 3 aromatic carbocycles. The minimum Gasteiger partial charge on any atom is -0.507 e. The maximum absolute atomic E-state index is 13.7. The van der Waals surface area contributed by atoms with E-state index in [0.717, 1.165) is 22.5 Å². The summed E-state index contributed by atoms with van der Waals surface area (Å²) in [5.41, 5.74) is 1.04. The van der Waals surface area contributed by atoms with Crippen LogP contribution >= 0.6 is 11.3 Å². The van der Waals surface area contributed by atoms with E-state index in [1.807, 2.05) is 0 Å². The third-order valence-corrected chi connectivity index (χ3v) is 7.79. The molecule has 1 N–H and O–H groups in total. The largest absolute Gasteiger partial charge is 0.507 e. The van der Waals surface area contributed by atoms with Crippen LogP contribution in [0.1, 0.15) is 17.2 Å². The van der Waals surface area contributed by atoms with Crippen molar-refractivity contribution in [1.29, 1.82) is 0 Å². The van der Waals surface area contributed by atoms with Gasteiger partial charge in [0.25, 0.3) is 5.78 Å². The van der Waals surface area contributed by atoms with Crippen molar-refractivity contribution < 1.29 is 27.5 Å². The van der Waals surface area contributed by atoms with Gasteiger partial charge in [-0.15, -0.1) is 0 Å². The number of aliphatic hydroxyl groups is 1. The Morgan fingerprint density at radius 3 is 2.37 bits per heavy atom. The number of aliphatic hydroxyl groups excluding tert-OH is 1. The Balaban J connectivity index is 1.72. The maximum atomic E-state index is 13.7. The van der Waals surface area contributed by atoms with Crippen molar-refractivity contribution in [2.24, 2.45) is 0 Å². The number of nitrogens with zero attached hydrogens (tertiary/aromatic N) is 2. The zero-order valence-electron chi connectivity index (χ0n) is 18.2. The van der Waals surface area contributed by atoms with Crippen LogP contribution in [-0.4, -0.2) is 36.5 Å². The molecule has 1 aliphatic heterocycles. The van der Waals surface area contributed by atoms with E-state index in [1.54, 1.807) is 30.3 Å². The van der Waals surface area contributed by atoms with Crippen molar-refractivity contribution in [2.75, 3.05) is 11.2 Å². The fourth-order valence-electron chi connectivity index (χ4n) is 3.97. The van der Waals surface area contributed by atoms with Gasteiger partial charge in [-0.2, -0.15) is 0 Å². The molecule has 1 amide bonds. The molecule has 1 unspecified atom stereocenters. The summed E-state index contributed by atoms with van der Waals surface area (Å²) in [6.07, 6.45) is 1.09. The van der Waals surface area contributed by atoms with Gasteiger partial charge in [0.2, 0.25) is 0 Å². The highest BCUT2D eigenvalue weighted by Crippen LogP contribution is 2.44. The van der Waals surface area contributed by atoms with Crippen molar-refractivity contribution >= 4 is 54.0 Å². The molecule has 7 nitrogen and oxygen atoms in total. The molecule has 35 heavy (non-hydrogen) atoms.